The summed E-state index contributed by atoms with van der Waals surface area (Å²) in [5, 5.41) is 8.78. The molecule has 6 nitrogen and oxygen atoms in total. The number of pyridine rings is 1. The third-order valence-electron chi connectivity index (χ3n) is 3.13. The van der Waals surface area contributed by atoms with Gasteiger partial charge in [0.15, 0.2) is 0 Å². The van der Waals surface area contributed by atoms with Gasteiger partial charge in [0.05, 0.1) is 5.02 Å². The molecule has 0 spiro atoms. The molecule has 21 heavy (non-hydrogen) atoms. The van der Waals surface area contributed by atoms with Gasteiger partial charge in [0, 0.05) is 26.1 Å². The largest absolute Gasteiger partial charge is 0.373 e. The second-order valence-corrected chi connectivity index (χ2v) is 5.39. The van der Waals surface area contributed by atoms with Gasteiger partial charge in [-0.05, 0) is 31.4 Å². The molecule has 3 N–H and O–H groups in total. The van der Waals surface area contributed by atoms with E-state index in [0.29, 0.717) is 36.3 Å². The Morgan fingerprint density at radius 2 is 2.14 bits per heavy atom. The molecule has 2 amide bonds. The molecule has 1 fully saturated rings. The van der Waals surface area contributed by atoms with E-state index in [4.69, 9.17) is 11.6 Å². The fourth-order valence-electron chi connectivity index (χ4n) is 1.80. The number of anilines is 1. The second-order valence-electron chi connectivity index (χ2n) is 4.98. The van der Waals surface area contributed by atoms with Gasteiger partial charge >= 0.3 is 0 Å². The predicted molar refractivity (Wildman–Crippen MR) is 81.5 cm³/mol. The monoisotopic (exact) mass is 310 g/mol. The average molecular weight is 311 g/mol. The third-order valence-corrected chi connectivity index (χ3v) is 3.43. The highest BCUT2D eigenvalue weighted by molar-refractivity contribution is 6.33. The van der Waals surface area contributed by atoms with Crippen LogP contribution in [0.25, 0.3) is 0 Å². The molecule has 0 bridgehead atoms. The van der Waals surface area contributed by atoms with Crippen LogP contribution < -0.4 is 16.0 Å². The maximum atomic E-state index is 12.0. The van der Waals surface area contributed by atoms with E-state index in [9.17, 15) is 9.59 Å². The topological polar surface area (TPSA) is 83.1 Å². The van der Waals surface area contributed by atoms with E-state index < -0.39 is 0 Å². The van der Waals surface area contributed by atoms with E-state index in [0.717, 1.165) is 12.8 Å². The zero-order chi connectivity index (χ0) is 15.2. The van der Waals surface area contributed by atoms with E-state index in [1.807, 2.05) is 0 Å². The Bertz CT molecular complexity index is 532. The van der Waals surface area contributed by atoms with Crippen LogP contribution in [0.15, 0.2) is 12.1 Å². The second kappa shape index (κ2) is 7.26. The quantitative estimate of drug-likeness (QED) is 0.668. The first kappa shape index (κ1) is 15.6. The summed E-state index contributed by atoms with van der Waals surface area (Å²) in [6.07, 6.45) is 3.16. The van der Waals surface area contributed by atoms with Gasteiger partial charge in [0.1, 0.15) is 11.5 Å². The van der Waals surface area contributed by atoms with E-state index in [-0.39, 0.29) is 17.5 Å². The fraction of sp³-hybridized carbons (Fsp3) is 0.500. The van der Waals surface area contributed by atoms with Gasteiger partial charge in [0.2, 0.25) is 5.91 Å². The van der Waals surface area contributed by atoms with E-state index >= 15 is 0 Å². The normalized spacial score (nSPS) is 13.6. The number of rotatable bonds is 7. The first-order valence-corrected chi connectivity index (χ1v) is 7.40. The molecule has 1 aromatic heterocycles. The van der Waals surface area contributed by atoms with Gasteiger partial charge in [-0.2, -0.15) is 0 Å². The average Bonchev–Trinajstić information content (AvgIpc) is 3.27. The Balaban J connectivity index is 1.74. The van der Waals surface area contributed by atoms with E-state index in [1.165, 1.54) is 0 Å². The van der Waals surface area contributed by atoms with Crippen LogP contribution in [0, 0.1) is 0 Å². The van der Waals surface area contributed by atoms with Crippen molar-refractivity contribution in [3.63, 3.8) is 0 Å². The van der Waals surface area contributed by atoms with Crippen LogP contribution in [-0.2, 0) is 4.79 Å². The molecular formula is C14H19ClN4O2. The molecule has 2 rings (SSSR count). The minimum Gasteiger partial charge on any atom is -0.373 e. The summed E-state index contributed by atoms with van der Waals surface area (Å²) in [5.41, 5.74) is 0.186. The molecule has 0 aromatic carbocycles. The van der Waals surface area contributed by atoms with Gasteiger partial charge in [-0.15, -0.1) is 0 Å². The van der Waals surface area contributed by atoms with Crippen LogP contribution >= 0.6 is 11.6 Å². The molecule has 0 unspecified atom stereocenters. The maximum absolute atomic E-state index is 12.0. The highest BCUT2D eigenvalue weighted by Crippen LogP contribution is 2.18. The summed E-state index contributed by atoms with van der Waals surface area (Å²) in [7, 11) is 1.72. The molecule has 0 saturated heterocycles. The van der Waals surface area contributed by atoms with Gasteiger partial charge in [0.25, 0.3) is 5.91 Å². The maximum Gasteiger partial charge on any atom is 0.271 e. The van der Waals surface area contributed by atoms with Gasteiger partial charge in [-0.3, -0.25) is 9.59 Å². The van der Waals surface area contributed by atoms with Crippen molar-refractivity contribution >= 4 is 29.2 Å². The molecule has 1 aromatic rings. The molecule has 0 radical (unpaired) electrons. The summed E-state index contributed by atoms with van der Waals surface area (Å²) < 4.78 is 0. The molecule has 7 heteroatoms. The number of aromatic nitrogens is 1. The van der Waals surface area contributed by atoms with Crippen molar-refractivity contribution in [1.82, 2.24) is 15.6 Å². The lowest BCUT2D eigenvalue weighted by Gasteiger charge is -2.08. The Labute approximate surface area is 128 Å². The lowest BCUT2D eigenvalue weighted by Crippen LogP contribution is -2.29. The minimum atomic E-state index is -0.334. The highest BCUT2D eigenvalue weighted by Gasteiger charge is 2.22. The number of carbonyl (C=O) groups excluding carboxylic acids is 2. The van der Waals surface area contributed by atoms with Crippen molar-refractivity contribution in [3.05, 3.63) is 22.8 Å². The highest BCUT2D eigenvalue weighted by atomic mass is 35.5. The van der Waals surface area contributed by atoms with Gasteiger partial charge < -0.3 is 16.0 Å². The number of hydrogen-bond donors (Lipinski definition) is 3. The Morgan fingerprint density at radius 3 is 2.81 bits per heavy atom. The van der Waals surface area contributed by atoms with Crippen molar-refractivity contribution in [2.45, 2.75) is 31.7 Å². The van der Waals surface area contributed by atoms with Crippen molar-refractivity contribution < 1.29 is 9.59 Å². The number of nitrogens with one attached hydrogen (secondary N) is 3. The minimum absolute atomic E-state index is 0.0417. The van der Waals surface area contributed by atoms with Crippen LogP contribution in [0.2, 0.25) is 5.02 Å². The number of amides is 2. The van der Waals surface area contributed by atoms with Crippen molar-refractivity contribution in [2.24, 2.45) is 0 Å². The molecule has 1 saturated carbocycles. The lowest BCUT2D eigenvalue weighted by atomic mass is 10.2. The molecule has 1 aliphatic carbocycles. The summed E-state index contributed by atoms with van der Waals surface area (Å²) >= 11 is 5.96. The summed E-state index contributed by atoms with van der Waals surface area (Å²) in [4.78, 5) is 27.6. The molecule has 0 atom stereocenters. The number of carbonyl (C=O) groups is 2. The number of nitrogens with zero attached hydrogens (tertiary/aromatic N) is 1. The van der Waals surface area contributed by atoms with Crippen LogP contribution in [0.5, 0.6) is 0 Å². The zero-order valence-corrected chi connectivity index (χ0v) is 12.7. The molecule has 1 aliphatic rings. The molecule has 0 aliphatic heterocycles. The van der Waals surface area contributed by atoms with Gasteiger partial charge in [-0.1, -0.05) is 11.6 Å². The van der Waals surface area contributed by atoms with E-state index in [2.05, 4.69) is 20.9 Å². The van der Waals surface area contributed by atoms with Gasteiger partial charge in [-0.25, -0.2) is 4.98 Å². The standard InChI is InChI=1S/C14H19ClN4O2/c1-16-11-7-6-10(15)13(19-11)14(21)17-8-2-3-12(20)18-9-4-5-9/h6-7,9H,2-5,8H2,1H3,(H,16,19)(H,17,21)(H,18,20). The van der Waals surface area contributed by atoms with Crippen molar-refractivity contribution in [1.29, 1.82) is 0 Å². The fourth-order valence-corrected chi connectivity index (χ4v) is 1.99. The third kappa shape index (κ3) is 4.90. The molecule has 1 heterocycles. The first-order valence-electron chi connectivity index (χ1n) is 7.02. The van der Waals surface area contributed by atoms with Crippen LogP contribution in [-0.4, -0.2) is 36.4 Å². The Morgan fingerprint density at radius 1 is 1.38 bits per heavy atom. The molecular weight excluding hydrogens is 292 g/mol. The smallest absolute Gasteiger partial charge is 0.271 e. The first-order chi connectivity index (χ1) is 10.1. The van der Waals surface area contributed by atoms with Crippen LogP contribution in [0.4, 0.5) is 5.82 Å². The zero-order valence-electron chi connectivity index (χ0n) is 11.9. The SMILES string of the molecule is CNc1ccc(Cl)c(C(=O)NCCCC(=O)NC2CC2)n1. The van der Waals surface area contributed by atoms with Crippen LogP contribution in [0.3, 0.4) is 0 Å². The number of hydrogen-bond acceptors (Lipinski definition) is 4. The van der Waals surface area contributed by atoms with Crippen molar-refractivity contribution in [2.75, 3.05) is 18.9 Å². The van der Waals surface area contributed by atoms with E-state index in [1.54, 1.807) is 19.2 Å². The predicted octanol–water partition coefficient (Wildman–Crippen LogP) is 1.57. The summed E-state index contributed by atoms with van der Waals surface area (Å²) in [6.45, 7) is 0.415. The Hall–Kier alpha value is -1.82. The van der Waals surface area contributed by atoms with Crippen molar-refractivity contribution in [3.8, 4) is 0 Å². The summed E-state index contributed by atoms with van der Waals surface area (Å²) in [6, 6.07) is 3.69. The molecule has 114 valence electrons. The lowest BCUT2D eigenvalue weighted by molar-refractivity contribution is -0.121. The number of halogens is 1. The van der Waals surface area contributed by atoms with Crippen LogP contribution in [0.1, 0.15) is 36.2 Å². The summed E-state index contributed by atoms with van der Waals surface area (Å²) in [5.74, 6) is 0.285. The Kier molecular flexibility index (Phi) is 5.38.